The van der Waals surface area contributed by atoms with E-state index in [2.05, 4.69) is 15.7 Å². The summed E-state index contributed by atoms with van der Waals surface area (Å²) in [6, 6.07) is 4.77. The van der Waals surface area contributed by atoms with Gasteiger partial charge in [-0.1, -0.05) is 0 Å². The first-order valence-electron chi connectivity index (χ1n) is 10.3. The summed E-state index contributed by atoms with van der Waals surface area (Å²) in [4.78, 5) is 45.1. The zero-order chi connectivity index (χ0) is 23.9. The molecule has 0 fully saturated rings. The number of likely N-dealkylation sites (N-methyl/N-ethyl adjacent to an activating group) is 1. The summed E-state index contributed by atoms with van der Waals surface area (Å²) in [5.74, 6) is -1.53. The molecule has 4 rings (SSSR count). The number of fused-ring (bicyclic) bond motifs is 3. The monoisotopic (exact) mass is 455 g/mol. The highest BCUT2D eigenvalue weighted by Gasteiger charge is 2.38. The summed E-state index contributed by atoms with van der Waals surface area (Å²) in [6.07, 6.45) is -0.533. The minimum atomic E-state index is -0.934. The molecule has 0 saturated carbocycles. The fourth-order valence-electron chi connectivity index (χ4n) is 3.99. The molecule has 0 spiro atoms. The van der Waals surface area contributed by atoms with Crippen molar-refractivity contribution in [3.8, 4) is 6.07 Å². The predicted octanol–water partition coefficient (Wildman–Crippen LogP) is 1.00. The van der Waals surface area contributed by atoms with Crippen LogP contribution in [0.5, 0.6) is 0 Å². The van der Waals surface area contributed by atoms with Gasteiger partial charge in [0.05, 0.1) is 24.3 Å². The van der Waals surface area contributed by atoms with Crippen LogP contribution in [0.4, 0.5) is 14.9 Å². The Morgan fingerprint density at radius 1 is 1.36 bits per heavy atom. The summed E-state index contributed by atoms with van der Waals surface area (Å²) in [6.45, 7) is 2.00. The van der Waals surface area contributed by atoms with Gasteiger partial charge in [0.2, 0.25) is 0 Å². The maximum atomic E-state index is 13.6. The molecule has 0 bridgehead atoms. The minimum absolute atomic E-state index is 0.0468. The number of aromatic nitrogens is 2. The third-order valence-corrected chi connectivity index (χ3v) is 5.73. The van der Waals surface area contributed by atoms with Crippen molar-refractivity contribution in [2.24, 2.45) is 0 Å². The molecule has 2 atom stereocenters. The molecule has 0 aliphatic carbocycles. The van der Waals surface area contributed by atoms with Crippen LogP contribution in [0.1, 0.15) is 34.2 Å². The maximum absolute atomic E-state index is 13.6. The topological polar surface area (TPSA) is 133 Å². The van der Waals surface area contributed by atoms with Crippen LogP contribution < -0.4 is 10.6 Å². The zero-order valence-electron chi connectivity index (χ0n) is 18.3. The molecule has 1 aromatic carbocycles. The van der Waals surface area contributed by atoms with E-state index >= 15 is 0 Å². The van der Waals surface area contributed by atoms with E-state index in [4.69, 9.17) is 10.1 Å². The molecule has 11 nitrogen and oxygen atoms in total. The highest BCUT2D eigenvalue weighted by atomic mass is 19.1. The number of amides is 4. The summed E-state index contributed by atoms with van der Waals surface area (Å²) >= 11 is 0. The van der Waals surface area contributed by atoms with Gasteiger partial charge in [0.15, 0.2) is 6.10 Å². The molecule has 172 valence electrons. The largest absolute Gasteiger partial charge is 0.357 e. The van der Waals surface area contributed by atoms with Crippen molar-refractivity contribution in [1.29, 1.82) is 5.26 Å². The van der Waals surface area contributed by atoms with Gasteiger partial charge < -0.3 is 15.5 Å². The molecule has 2 aliphatic heterocycles. The molecule has 1 aromatic heterocycles. The molecule has 12 heteroatoms. The fourth-order valence-corrected chi connectivity index (χ4v) is 3.99. The lowest BCUT2D eigenvalue weighted by Crippen LogP contribution is -2.45. The molecule has 0 radical (unpaired) electrons. The van der Waals surface area contributed by atoms with Crippen LogP contribution in [0.25, 0.3) is 0 Å². The van der Waals surface area contributed by atoms with Crippen LogP contribution in [-0.2, 0) is 29.1 Å². The average Bonchev–Trinajstić information content (AvgIpc) is 3.08. The number of benzene rings is 1. The summed E-state index contributed by atoms with van der Waals surface area (Å²) < 4.78 is 15.1. The van der Waals surface area contributed by atoms with Crippen molar-refractivity contribution in [2.45, 2.75) is 38.6 Å². The predicted molar refractivity (Wildman–Crippen MR) is 112 cm³/mol. The molecule has 2 N–H and O–H groups in total. The number of nitriles is 1. The van der Waals surface area contributed by atoms with E-state index in [1.54, 1.807) is 6.07 Å². The number of rotatable bonds is 2. The highest BCUT2D eigenvalue weighted by molar-refractivity contribution is 5.95. The van der Waals surface area contributed by atoms with Gasteiger partial charge in [0.1, 0.15) is 17.6 Å². The van der Waals surface area contributed by atoms with Gasteiger partial charge in [-0.05, 0) is 25.1 Å². The average molecular weight is 455 g/mol. The van der Waals surface area contributed by atoms with E-state index in [1.165, 1.54) is 35.8 Å². The SMILES string of the molecule is CNC(=O)[C@@H]1Cn2nc3c(c2C(=O)N(C)O1)CN(C(=O)Nc1ccc(F)c(C#N)c1)[C@H](C)C3. The molecule has 3 heterocycles. The Kier molecular flexibility index (Phi) is 5.73. The first-order valence-corrected chi connectivity index (χ1v) is 10.3. The molecular weight excluding hydrogens is 433 g/mol. The normalized spacial score (nSPS) is 19.8. The number of anilines is 1. The van der Waals surface area contributed by atoms with E-state index in [0.717, 1.165) is 11.1 Å². The van der Waals surface area contributed by atoms with Crippen LogP contribution in [0, 0.1) is 17.1 Å². The number of carbonyl (C=O) groups excluding carboxylic acids is 3. The van der Waals surface area contributed by atoms with Crippen molar-refractivity contribution in [3.63, 3.8) is 0 Å². The van der Waals surface area contributed by atoms with Gasteiger partial charge in [-0.15, -0.1) is 0 Å². The molecular formula is C21H22FN7O4. The van der Waals surface area contributed by atoms with Crippen molar-refractivity contribution in [1.82, 2.24) is 25.1 Å². The lowest BCUT2D eigenvalue weighted by molar-refractivity contribution is -0.168. The van der Waals surface area contributed by atoms with Crippen molar-refractivity contribution in [2.75, 3.05) is 19.4 Å². The Morgan fingerprint density at radius 3 is 2.82 bits per heavy atom. The minimum Gasteiger partial charge on any atom is -0.357 e. The number of hydroxylamine groups is 2. The van der Waals surface area contributed by atoms with E-state index in [1.807, 2.05) is 6.92 Å². The van der Waals surface area contributed by atoms with Crippen LogP contribution in [-0.4, -0.2) is 63.8 Å². The Morgan fingerprint density at radius 2 is 2.12 bits per heavy atom. The molecule has 2 aliphatic rings. The quantitative estimate of drug-likeness (QED) is 0.694. The number of carbonyl (C=O) groups is 3. The Hall–Kier alpha value is -3.98. The van der Waals surface area contributed by atoms with Gasteiger partial charge in [0.25, 0.3) is 11.8 Å². The third kappa shape index (κ3) is 3.98. The Balaban J connectivity index is 1.62. The van der Waals surface area contributed by atoms with E-state index in [9.17, 15) is 18.8 Å². The van der Waals surface area contributed by atoms with Crippen LogP contribution in [0.2, 0.25) is 0 Å². The van der Waals surface area contributed by atoms with Crippen molar-refractivity contribution < 1.29 is 23.6 Å². The second-order valence-electron chi connectivity index (χ2n) is 7.88. The third-order valence-electron chi connectivity index (χ3n) is 5.73. The van der Waals surface area contributed by atoms with Gasteiger partial charge in [0, 0.05) is 37.8 Å². The number of halogens is 1. The second kappa shape index (κ2) is 8.51. The van der Waals surface area contributed by atoms with Crippen LogP contribution in [0.3, 0.4) is 0 Å². The molecule has 33 heavy (non-hydrogen) atoms. The first kappa shape index (κ1) is 22.2. The highest BCUT2D eigenvalue weighted by Crippen LogP contribution is 2.29. The summed E-state index contributed by atoms with van der Waals surface area (Å²) in [7, 11) is 2.90. The Bertz CT molecular complexity index is 1190. The molecule has 4 amide bonds. The molecule has 0 unspecified atom stereocenters. The van der Waals surface area contributed by atoms with Gasteiger partial charge in [-0.25, -0.2) is 14.2 Å². The van der Waals surface area contributed by atoms with E-state index in [-0.39, 0.29) is 42.0 Å². The van der Waals surface area contributed by atoms with Gasteiger partial charge in [-0.3, -0.25) is 19.1 Å². The lowest BCUT2D eigenvalue weighted by Gasteiger charge is -2.33. The fraction of sp³-hybridized carbons (Fsp3) is 0.381. The van der Waals surface area contributed by atoms with Gasteiger partial charge in [-0.2, -0.15) is 10.4 Å². The van der Waals surface area contributed by atoms with E-state index in [0.29, 0.717) is 17.7 Å². The number of urea groups is 1. The maximum Gasteiger partial charge on any atom is 0.322 e. The Labute approximate surface area is 188 Å². The summed E-state index contributed by atoms with van der Waals surface area (Å²) in [5, 5.41) is 19.7. The van der Waals surface area contributed by atoms with E-state index < -0.39 is 23.9 Å². The smallest absolute Gasteiger partial charge is 0.322 e. The number of nitrogens with one attached hydrogen (secondary N) is 2. The van der Waals surface area contributed by atoms with Crippen molar-refractivity contribution in [3.05, 3.63) is 46.5 Å². The number of nitrogens with zero attached hydrogens (tertiary/aromatic N) is 5. The molecule has 2 aromatic rings. The number of hydrogen-bond acceptors (Lipinski definition) is 6. The zero-order valence-corrected chi connectivity index (χ0v) is 18.3. The lowest BCUT2D eigenvalue weighted by atomic mass is 9.99. The first-order chi connectivity index (χ1) is 15.7. The number of hydrogen-bond donors (Lipinski definition) is 2. The second-order valence-corrected chi connectivity index (χ2v) is 7.88. The van der Waals surface area contributed by atoms with Crippen LogP contribution >= 0.6 is 0 Å². The summed E-state index contributed by atoms with van der Waals surface area (Å²) in [5.41, 5.74) is 1.62. The van der Waals surface area contributed by atoms with Crippen molar-refractivity contribution >= 4 is 23.5 Å². The van der Waals surface area contributed by atoms with Gasteiger partial charge >= 0.3 is 6.03 Å². The molecule has 0 saturated heterocycles. The standard InChI is InChI=1S/C21H22FN7O4/c1-11-6-16-14(9-28(11)21(32)25-13-4-5-15(22)12(7-13)8-23)18-20(31)27(3)33-17(19(30)24-2)10-29(18)26-16/h4-5,7,11,17H,6,9-10H2,1-3H3,(H,24,30)(H,25,32)/t11-,17+/m1/s1. The van der Waals surface area contributed by atoms with Crippen LogP contribution in [0.15, 0.2) is 18.2 Å².